The van der Waals surface area contributed by atoms with Crippen LogP contribution < -0.4 is 24.6 Å². The lowest BCUT2D eigenvalue weighted by Crippen LogP contribution is -2.52. The van der Waals surface area contributed by atoms with Crippen LogP contribution >= 0.6 is 0 Å². The van der Waals surface area contributed by atoms with Gasteiger partial charge in [-0.05, 0) is 50.1 Å². The number of alkyl halides is 6. The predicted molar refractivity (Wildman–Crippen MR) is 193 cm³/mol. The molecule has 2 aliphatic heterocycles. The van der Waals surface area contributed by atoms with Crippen molar-refractivity contribution >= 4 is 55.6 Å². The number of sulfonamides is 1. The molecular weight excluding hydrogens is 742 g/mol. The van der Waals surface area contributed by atoms with Gasteiger partial charge in [-0.2, -0.15) is 18.2 Å². The second-order valence-electron chi connectivity index (χ2n) is 13.3. The molecule has 292 valence electrons. The quantitative estimate of drug-likeness (QED) is 0.183. The number of ether oxygens (including phenoxy) is 1. The number of piperidine rings is 1. The Kier molecular flexibility index (Phi) is 11.0. The van der Waals surface area contributed by atoms with Crippen LogP contribution in [-0.2, 0) is 22.6 Å². The number of piperazine rings is 1. The fourth-order valence-corrected chi connectivity index (χ4v) is 7.27. The molecule has 0 spiro atoms. The van der Waals surface area contributed by atoms with E-state index in [4.69, 9.17) is 0 Å². The zero-order valence-electron chi connectivity index (χ0n) is 30.0. The van der Waals surface area contributed by atoms with Crippen LogP contribution in [0.15, 0.2) is 42.9 Å². The summed E-state index contributed by atoms with van der Waals surface area (Å²) in [6, 6.07) is 5.87. The van der Waals surface area contributed by atoms with Crippen molar-refractivity contribution in [2.45, 2.75) is 44.8 Å². The molecule has 4 aromatic rings. The van der Waals surface area contributed by atoms with Crippen molar-refractivity contribution in [1.82, 2.24) is 29.7 Å². The number of nitrogens with one attached hydrogen (secondary N) is 2. The molecular formula is C34H40F6N10O3S. The Morgan fingerprint density at radius 2 is 1.61 bits per heavy atom. The third-order valence-corrected chi connectivity index (χ3v) is 10.8. The fraction of sp³-hybridized carbons (Fsp3) is 0.471. The van der Waals surface area contributed by atoms with Crippen molar-refractivity contribution in [2.24, 2.45) is 0 Å². The van der Waals surface area contributed by atoms with Gasteiger partial charge in [0.15, 0.2) is 5.75 Å². The summed E-state index contributed by atoms with van der Waals surface area (Å²) in [5.41, 5.74) is -0.191. The summed E-state index contributed by atoms with van der Waals surface area (Å²) in [5, 5.41) is 5.20. The number of halogens is 6. The highest BCUT2D eigenvalue weighted by molar-refractivity contribution is 7.92. The van der Waals surface area contributed by atoms with Gasteiger partial charge in [0.25, 0.3) is 0 Å². The lowest BCUT2D eigenvalue weighted by molar-refractivity contribution is -0.274. The normalized spacial score (nSPS) is 16.8. The molecule has 0 unspecified atom stereocenters. The number of hydrogen-bond acceptors (Lipinski definition) is 12. The highest BCUT2D eigenvalue weighted by atomic mass is 32.2. The van der Waals surface area contributed by atoms with E-state index in [1.54, 1.807) is 0 Å². The first kappa shape index (κ1) is 39.0. The van der Waals surface area contributed by atoms with Crippen molar-refractivity contribution in [3.63, 3.8) is 0 Å². The second-order valence-corrected chi connectivity index (χ2v) is 15.3. The maximum absolute atomic E-state index is 14.3. The number of nitrogens with zero attached hydrogens (tertiary/aromatic N) is 8. The van der Waals surface area contributed by atoms with Gasteiger partial charge in [0.05, 0.1) is 23.1 Å². The molecule has 0 radical (unpaired) electrons. The Morgan fingerprint density at radius 3 is 2.24 bits per heavy atom. The van der Waals surface area contributed by atoms with E-state index in [0.29, 0.717) is 43.0 Å². The van der Waals surface area contributed by atoms with E-state index in [-0.39, 0.29) is 28.1 Å². The van der Waals surface area contributed by atoms with Crippen LogP contribution in [0.3, 0.4) is 0 Å². The predicted octanol–water partition coefficient (Wildman–Crippen LogP) is 6.00. The molecule has 2 N–H and O–H groups in total. The minimum absolute atomic E-state index is 0.0704. The van der Waals surface area contributed by atoms with Crippen LogP contribution in [-0.4, -0.2) is 110 Å². The molecule has 54 heavy (non-hydrogen) atoms. The van der Waals surface area contributed by atoms with Crippen molar-refractivity contribution < 1.29 is 39.5 Å². The molecule has 20 heteroatoms. The van der Waals surface area contributed by atoms with Gasteiger partial charge in [-0.25, -0.2) is 13.4 Å². The third-order valence-electron chi connectivity index (χ3n) is 9.67. The molecule has 4 heterocycles. The molecule has 6 rings (SSSR count). The molecule has 0 aliphatic carbocycles. The molecule has 0 bridgehead atoms. The van der Waals surface area contributed by atoms with Crippen LogP contribution in [0.1, 0.15) is 30.9 Å². The molecule has 13 nitrogen and oxygen atoms in total. The van der Waals surface area contributed by atoms with E-state index in [1.165, 1.54) is 43.7 Å². The van der Waals surface area contributed by atoms with Crippen molar-refractivity contribution in [3.05, 3.63) is 54.0 Å². The summed E-state index contributed by atoms with van der Waals surface area (Å²) in [6.45, 7) is 6.97. The number of fused-ring (bicyclic) bond motifs is 1. The topological polar surface area (TPSA) is 132 Å². The number of aryl methyl sites for hydroxylation is 1. The summed E-state index contributed by atoms with van der Waals surface area (Å²) in [5.74, 6) is -1.90. The summed E-state index contributed by atoms with van der Waals surface area (Å²) < 4.78 is 115. The Morgan fingerprint density at radius 1 is 0.926 bits per heavy atom. The van der Waals surface area contributed by atoms with E-state index in [1.807, 2.05) is 11.8 Å². The van der Waals surface area contributed by atoms with Gasteiger partial charge in [0.1, 0.15) is 22.6 Å². The first-order valence-electron chi connectivity index (χ1n) is 17.2. The number of benzene rings is 2. The van der Waals surface area contributed by atoms with Crippen molar-refractivity contribution in [3.8, 4) is 5.75 Å². The van der Waals surface area contributed by atoms with Gasteiger partial charge in [-0.1, -0.05) is 6.92 Å². The summed E-state index contributed by atoms with van der Waals surface area (Å²) in [4.78, 5) is 22.9. The molecule has 0 atom stereocenters. The molecule has 0 saturated carbocycles. The first-order chi connectivity index (χ1) is 25.4. The number of aromatic nitrogens is 4. The van der Waals surface area contributed by atoms with Gasteiger partial charge in [-0.15, -0.1) is 13.2 Å². The number of anilines is 6. The zero-order valence-corrected chi connectivity index (χ0v) is 30.8. The molecule has 2 aromatic carbocycles. The van der Waals surface area contributed by atoms with E-state index >= 15 is 0 Å². The number of likely N-dealkylation sites (N-methyl/N-ethyl adjacent to an activating group) is 1. The number of hydrogen-bond donors (Lipinski definition) is 2. The van der Waals surface area contributed by atoms with Gasteiger partial charge in [-0.3, -0.25) is 19.2 Å². The van der Waals surface area contributed by atoms with Crippen molar-refractivity contribution in [2.75, 3.05) is 79.5 Å². The van der Waals surface area contributed by atoms with Crippen LogP contribution in [0.4, 0.5) is 60.9 Å². The lowest BCUT2D eigenvalue weighted by Gasteiger charge is -2.43. The Balaban J connectivity index is 1.34. The van der Waals surface area contributed by atoms with Gasteiger partial charge in [0, 0.05) is 82.7 Å². The summed E-state index contributed by atoms with van der Waals surface area (Å²) in [7, 11) is -0.661. The molecule has 0 amide bonds. The van der Waals surface area contributed by atoms with Gasteiger partial charge < -0.3 is 25.2 Å². The highest BCUT2D eigenvalue weighted by Crippen LogP contribution is 2.42. The van der Waals surface area contributed by atoms with Crippen LogP contribution in [0.5, 0.6) is 5.75 Å². The van der Waals surface area contributed by atoms with Gasteiger partial charge >= 0.3 is 12.5 Å². The number of rotatable bonds is 10. The average Bonchev–Trinajstić information content (AvgIpc) is 3.11. The van der Waals surface area contributed by atoms with E-state index in [2.05, 4.69) is 52.2 Å². The average molecular weight is 783 g/mol. The summed E-state index contributed by atoms with van der Waals surface area (Å²) in [6.07, 6.45) is -3.93. The highest BCUT2D eigenvalue weighted by Gasteiger charge is 2.37. The smallest absolute Gasteiger partial charge is 0.403 e. The van der Waals surface area contributed by atoms with Crippen LogP contribution in [0.25, 0.3) is 11.0 Å². The minimum atomic E-state index is -5.09. The molecule has 2 aromatic heterocycles. The summed E-state index contributed by atoms with van der Waals surface area (Å²) >= 11 is 0. The van der Waals surface area contributed by atoms with Crippen LogP contribution in [0, 0.1) is 0 Å². The van der Waals surface area contributed by atoms with E-state index in [0.717, 1.165) is 49.6 Å². The third kappa shape index (κ3) is 8.81. The fourth-order valence-electron chi connectivity index (χ4n) is 6.76. The Bertz CT molecular complexity index is 2090. The second kappa shape index (κ2) is 15.2. The monoisotopic (exact) mass is 782 g/mol. The van der Waals surface area contributed by atoms with E-state index < -0.39 is 45.6 Å². The molecule has 2 fully saturated rings. The standard InChI is InChI=1S/C34H40F6N10O3S/c1-5-21-18-26(28(53-34(38,39)40)19-27(21)50-12-8-22(9-13-50)49-16-14-47(2)15-17-49)45-32-43-20-23(33(35,36)37)31(46-32)44-25-7-6-24-29(42-11-10-41-24)30(25)48(3)54(4,51)52/h6-7,10-11,18-20,22H,5,8-9,12-17H2,1-4H3,(H2,43,44,45,46). The maximum atomic E-state index is 14.3. The SMILES string of the molecule is CCc1cc(Nc2ncc(C(F)(F)F)c(Nc3ccc4nccnc4c3N(C)S(C)(=O)=O)n2)c(OC(F)(F)F)cc1N1CCC(N2CCN(C)CC2)CC1. The zero-order chi connectivity index (χ0) is 39.0. The Labute approximate surface area is 308 Å². The Hall–Kier alpha value is -4.69. The van der Waals surface area contributed by atoms with Gasteiger partial charge in [0.2, 0.25) is 16.0 Å². The molecule has 2 saturated heterocycles. The van der Waals surface area contributed by atoms with E-state index in [9.17, 15) is 34.8 Å². The minimum Gasteiger partial charge on any atom is -0.403 e. The first-order valence-corrected chi connectivity index (χ1v) is 19.0. The maximum Gasteiger partial charge on any atom is 0.573 e. The lowest BCUT2D eigenvalue weighted by atomic mass is 9.99. The van der Waals surface area contributed by atoms with Crippen LogP contribution in [0.2, 0.25) is 0 Å². The largest absolute Gasteiger partial charge is 0.573 e. The van der Waals surface area contributed by atoms with Crippen molar-refractivity contribution in [1.29, 1.82) is 0 Å². The molecule has 2 aliphatic rings.